The molecule has 1 amide bonds. The van der Waals surface area contributed by atoms with Crippen molar-refractivity contribution in [3.05, 3.63) is 66.2 Å². The average Bonchev–Trinajstić information content (AvgIpc) is 2.98. The van der Waals surface area contributed by atoms with Crippen LogP contribution < -0.4 is 0 Å². The summed E-state index contributed by atoms with van der Waals surface area (Å²) in [7, 11) is -3.69. The first kappa shape index (κ1) is 15.6. The van der Waals surface area contributed by atoms with E-state index in [0.29, 0.717) is 0 Å². The molecule has 0 saturated carbocycles. The van der Waals surface area contributed by atoms with Crippen molar-refractivity contribution < 1.29 is 17.9 Å². The molecule has 0 radical (unpaired) electrons. The fourth-order valence-corrected chi connectivity index (χ4v) is 4.39. The Morgan fingerprint density at radius 1 is 1.04 bits per heavy atom. The number of hydrogen-bond donors (Lipinski definition) is 0. The van der Waals surface area contributed by atoms with Gasteiger partial charge in [0, 0.05) is 0 Å². The average molecular weight is 331 g/mol. The molecule has 120 valence electrons. The second kappa shape index (κ2) is 6.04. The lowest BCUT2D eigenvalue weighted by Crippen LogP contribution is -2.41. The SMILES string of the molecule is C[C@H](c1ccccc1)N1C(=O)OC[C@@H]1S(=O)(=O)c1ccccc1. The van der Waals surface area contributed by atoms with E-state index in [2.05, 4.69) is 0 Å². The van der Waals surface area contributed by atoms with Gasteiger partial charge in [-0.2, -0.15) is 0 Å². The molecule has 3 rings (SSSR count). The second-order valence-electron chi connectivity index (χ2n) is 5.38. The Hall–Kier alpha value is -2.34. The van der Waals surface area contributed by atoms with E-state index in [0.717, 1.165) is 5.56 Å². The molecule has 1 aliphatic rings. The number of cyclic esters (lactones) is 1. The molecular formula is C17H17NO4S. The zero-order valence-electron chi connectivity index (χ0n) is 12.6. The minimum absolute atomic E-state index is 0.159. The Labute approximate surface area is 135 Å². The van der Waals surface area contributed by atoms with Gasteiger partial charge in [-0.3, -0.25) is 4.90 Å². The summed E-state index contributed by atoms with van der Waals surface area (Å²) in [5, 5.41) is -1.02. The molecular weight excluding hydrogens is 314 g/mol. The lowest BCUT2D eigenvalue weighted by atomic mass is 10.1. The van der Waals surface area contributed by atoms with Crippen LogP contribution in [0.1, 0.15) is 18.5 Å². The first-order valence-corrected chi connectivity index (χ1v) is 8.85. The zero-order valence-corrected chi connectivity index (χ0v) is 13.4. The highest BCUT2D eigenvalue weighted by Crippen LogP contribution is 2.32. The number of amides is 1. The Morgan fingerprint density at radius 2 is 1.61 bits per heavy atom. The van der Waals surface area contributed by atoms with Gasteiger partial charge in [0.25, 0.3) is 0 Å². The fourth-order valence-electron chi connectivity index (χ4n) is 2.72. The van der Waals surface area contributed by atoms with Crippen LogP contribution in [0.3, 0.4) is 0 Å². The Morgan fingerprint density at radius 3 is 2.22 bits per heavy atom. The van der Waals surface area contributed by atoms with Crippen molar-refractivity contribution in [2.45, 2.75) is 23.2 Å². The highest BCUT2D eigenvalue weighted by atomic mass is 32.2. The highest BCUT2D eigenvalue weighted by Gasteiger charge is 2.45. The topological polar surface area (TPSA) is 63.7 Å². The van der Waals surface area contributed by atoms with Crippen LogP contribution in [0.5, 0.6) is 0 Å². The number of benzene rings is 2. The van der Waals surface area contributed by atoms with Gasteiger partial charge in [0.05, 0.1) is 10.9 Å². The van der Waals surface area contributed by atoms with Crippen LogP contribution in [0.2, 0.25) is 0 Å². The summed E-state index contributed by atoms with van der Waals surface area (Å²) < 4.78 is 30.7. The van der Waals surface area contributed by atoms with Gasteiger partial charge in [0.15, 0.2) is 5.37 Å². The van der Waals surface area contributed by atoms with Crippen LogP contribution in [0.15, 0.2) is 65.6 Å². The predicted octanol–water partition coefficient (Wildman–Crippen LogP) is 3.00. The number of carbonyl (C=O) groups excluding carboxylic acids is 1. The largest absolute Gasteiger partial charge is 0.446 e. The normalized spacial score (nSPS) is 19.4. The minimum atomic E-state index is -3.69. The molecule has 2 atom stereocenters. The molecule has 0 bridgehead atoms. The highest BCUT2D eigenvalue weighted by molar-refractivity contribution is 7.92. The third-order valence-electron chi connectivity index (χ3n) is 4.00. The predicted molar refractivity (Wildman–Crippen MR) is 85.5 cm³/mol. The molecule has 0 aromatic heterocycles. The third kappa shape index (κ3) is 2.82. The molecule has 1 heterocycles. The second-order valence-corrected chi connectivity index (χ2v) is 7.49. The molecule has 0 N–H and O–H groups in total. The number of carbonyl (C=O) groups is 1. The van der Waals surface area contributed by atoms with E-state index in [1.807, 2.05) is 30.3 Å². The van der Waals surface area contributed by atoms with E-state index in [9.17, 15) is 13.2 Å². The van der Waals surface area contributed by atoms with E-state index in [1.54, 1.807) is 25.1 Å². The van der Waals surface area contributed by atoms with Crippen molar-refractivity contribution in [1.82, 2.24) is 4.90 Å². The maximum atomic E-state index is 12.9. The molecule has 6 heteroatoms. The van der Waals surface area contributed by atoms with Gasteiger partial charge in [-0.25, -0.2) is 13.2 Å². The van der Waals surface area contributed by atoms with Crippen LogP contribution in [-0.4, -0.2) is 31.4 Å². The van der Waals surface area contributed by atoms with E-state index in [-0.39, 0.29) is 11.5 Å². The van der Waals surface area contributed by atoms with Crippen molar-refractivity contribution in [1.29, 1.82) is 0 Å². The van der Waals surface area contributed by atoms with Gasteiger partial charge in [0.1, 0.15) is 6.61 Å². The van der Waals surface area contributed by atoms with E-state index >= 15 is 0 Å². The maximum Gasteiger partial charge on any atom is 0.411 e. The molecule has 2 aromatic rings. The number of sulfone groups is 1. The summed E-state index contributed by atoms with van der Waals surface area (Å²) in [4.78, 5) is 13.6. The summed E-state index contributed by atoms with van der Waals surface area (Å²) in [5.41, 5.74) is 0.861. The first-order chi connectivity index (χ1) is 11.0. The van der Waals surface area contributed by atoms with Gasteiger partial charge in [-0.05, 0) is 24.6 Å². The van der Waals surface area contributed by atoms with Crippen LogP contribution in [0.4, 0.5) is 4.79 Å². The summed E-state index contributed by atoms with van der Waals surface area (Å²) in [6.45, 7) is 1.64. The van der Waals surface area contributed by atoms with E-state index in [1.165, 1.54) is 17.0 Å². The van der Waals surface area contributed by atoms with Crippen LogP contribution in [0.25, 0.3) is 0 Å². The van der Waals surface area contributed by atoms with Crippen LogP contribution in [-0.2, 0) is 14.6 Å². The van der Waals surface area contributed by atoms with Crippen molar-refractivity contribution in [3.63, 3.8) is 0 Å². The van der Waals surface area contributed by atoms with Crippen molar-refractivity contribution in [2.24, 2.45) is 0 Å². The minimum Gasteiger partial charge on any atom is -0.446 e. The van der Waals surface area contributed by atoms with Crippen molar-refractivity contribution in [3.8, 4) is 0 Å². The Kier molecular flexibility index (Phi) is 4.09. The summed E-state index contributed by atoms with van der Waals surface area (Å²) in [6.07, 6.45) is -0.606. The lowest BCUT2D eigenvalue weighted by Gasteiger charge is -2.28. The summed E-state index contributed by atoms with van der Waals surface area (Å²) in [6, 6.07) is 17.1. The molecule has 0 spiro atoms. The molecule has 0 aliphatic carbocycles. The summed E-state index contributed by atoms with van der Waals surface area (Å²) >= 11 is 0. The smallest absolute Gasteiger partial charge is 0.411 e. The third-order valence-corrected chi connectivity index (χ3v) is 6.01. The first-order valence-electron chi connectivity index (χ1n) is 7.31. The van der Waals surface area contributed by atoms with E-state index in [4.69, 9.17) is 4.74 Å². The molecule has 2 aromatic carbocycles. The molecule has 5 nitrogen and oxygen atoms in total. The maximum absolute atomic E-state index is 12.9. The molecule has 23 heavy (non-hydrogen) atoms. The van der Waals surface area contributed by atoms with Gasteiger partial charge >= 0.3 is 6.09 Å². The molecule has 0 unspecified atom stereocenters. The van der Waals surface area contributed by atoms with E-state index < -0.39 is 27.3 Å². The summed E-state index contributed by atoms with van der Waals surface area (Å²) in [5.74, 6) is 0. The molecule has 1 saturated heterocycles. The Balaban J connectivity index is 1.97. The van der Waals surface area contributed by atoms with Crippen molar-refractivity contribution in [2.75, 3.05) is 6.61 Å². The molecule has 1 fully saturated rings. The quantitative estimate of drug-likeness (QED) is 0.864. The van der Waals surface area contributed by atoms with Crippen LogP contribution in [0, 0.1) is 0 Å². The lowest BCUT2D eigenvalue weighted by molar-refractivity contribution is 0.149. The standard InChI is InChI=1S/C17H17NO4S/c1-13(14-8-4-2-5-9-14)18-16(12-22-17(18)19)23(20,21)15-10-6-3-7-11-15/h2-11,13,16H,12H2,1H3/t13-,16+/m1/s1. The number of ether oxygens (including phenoxy) is 1. The van der Waals surface area contributed by atoms with Crippen LogP contribution >= 0.6 is 0 Å². The number of hydrogen-bond acceptors (Lipinski definition) is 4. The van der Waals surface area contributed by atoms with Gasteiger partial charge < -0.3 is 4.74 Å². The monoisotopic (exact) mass is 331 g/mol. The number of nitrogens with zero attached hydrogens (tertiary/aromatic N) is 1. The van der Waals surface area contributed by atoms with Crippen molar-refractivity contribution >= 4 is 15.9 Å². The molecule has 1 aliphatic heterocycles. The van der Waals surface area contributed by atoms with Gasteiger partial charge in [0.2, 0.25) is 9.84 Å². The zero-order chi connectivity index (χ0) is 16.4. The number of rotatable bonds is 4. The Bertz CT molecular complexity index is 790. The van der Waals surface area contributed by atoms with Gasteiger partial charge in [-0.15, -0.1) is 0 Å². The van der Waals surface area contributed by atoms with Gasteiger partial charge in [-0.1, -0.05) is 48.5 Å². The fraction of sp³-hybridized carbons (Fsp3) is 0.235.